The SMILES string of the molecule is CC1CCCC(N)C1C(=O)NCCOC1CCCC1. The molecule has 19 heavy (non-hydrogen) atoms. The second-order valence-corrected chi connectivity index (χ2v) is 6.17. The number of amides is 1. The molecule has 3 N–H and O–H groups in total. The van der Waals surface area contributed by atoms with E-state index in [0.29, 0.717) is 25.2 Å². The lowest BCUT2D eigenvalue weighted by atomic mass is 9.76. The third-order valence-corrected chi connectivity index (χ3v) is 4.63. The van der Waals surface area contributed by atoms with E-state index < -0.39 is 0 Å². The maximum atomic E-state index is 12.2. The van der Waals surface area contributed by atoms with Gasteiger partial charge in [0.1, 0.15) is 0 Å². The minimum absolute atomic E-state index is 0.0137. The molecule has 0 radical (unpaired) electrons. The number of nitrogens with two attached hydrogens (primary N) is 1. The van der Waals surface area contributed by atoms with E-state index in [-0.39, 0.29) is 17.9 Å². The lowest BCUT2D eigenvalue weighted by Crippen LogP contribution is -2.48. The number of carbonyl (C=O) groups excluding carboxylic acids is 1. The van der Waals surface area contributed by atoms with Crippen LogP contribution in [0.5, 0.6) is 0 Å². The van der Waals surface area contributed by atoms with Crippen molar-refractivity contribution in [1.29, 1.82) is 0 Å². The second-order valence-electron chi connectivity index (χ2n) is 6.17. The third kappa shape index (κ3) is 4.18. The van der Waals surface area contributed by atoms with Crippen molar-refractivity contribution >= 4 is 5.91 Å². The number of carbonyl (C=O) groups is 1. The van der Waals surface area contributed by atoms with E-state index in [9.17, 15) is 4.79 Å². The molecule has 3 atom stereocenters. The van der Waals surface area contributed by atoms with Crippen molar-refractivity contribution in [2.24, 2.45) is 17.6 Å². The Morgan fingerprint density at radius 2 is 1.95 bits per heavy atom. The van der Waals surface area contributed by atoms with Gasteiger partial charge in [-0.05, 0) is 31.6 Å². The summed E-state index contributed by atoms with van der Waals surface area (Å²) >= 11 is 0. The molecule has 1 amide bonds. The minimum atomic E-state index is -0.0137. The number of rotatable bonds is 5. The lowest BCUT2D eigenvalue weighted by Gasteiger charge is -2.33. The van der Waals surface area contributed by atoms with E-state index in [4.69, 9.17) is 10.5 Å². The maximum absolute atomic E-state index is 12.2. The molecule has 0 aromatic carbocycles. The molecule has 0 spiro atoms. The Hall–Kier alpha value is -0.610. The first-order valence-electron chi connectivity index (χ1n) is 7.83. The summed E-state index contributed by atoms with van der Waals surface area (Å²) in [6, 6.07) is 0.0273. The Morgan fingerprint density at radius 1 is 1.21 bits per heavy atom. The zero-order valence-corrected chi connectivity index (χ0v) is 12.1. The van der Waals surface area contributed by atoms with Gasteiger partial charge in [0.15, 0.2) is 0 Å². The Balaban J connectivity index is 1.65. The van der Waals surface area contributed by atoms with E-state index in [1.807, 2.05) is 0 Å². The second kappa shape index (κ2) is 7.25. The van der Waals surface area contributed by atoms with Gasteiger partial charge >= 0.3 is 0 Å². The fourth-order valence-corrected chi connectivity index (χ4v) is 3.48. The van der Waals surface area contributed by atoms with Gasteiger partial charge in [-0.15, -0.1) is 0 Å². The average molecular weight is 268 g/mol. The van der Waals surface area contributed by atoms with Crippen molar-refractivity contribution in [2.75, 3.05) is 13.2 Å². The van der Waals surface area contributed by atoms with Crippen LogP contribution in [0.3, 0.4) is 0 Å². The molecule has 2 rings (SSSR count). The first kappa shape index (κ1) is 14.8. The van der Waals surface area contributed by atoms with Crippen LogP contribution in [0, 0.1) is 11.8 Å². The van der Waals surface area contributed by atoms with Crippen LogP contribution >= 0.6 is 0 Å². The molecule has 2 aliphatic carbocycles. The molecule has 4 nitrogen and oxygen atoms in total. The normalized spacial score (nSPS) is 32.4. The highest BCUT2D eigenvalue weighted by molar-refractivity contribution is 5.79. The number of hydrogen-bond acceptors (Lipinski definition) is 3. The molecular formula is C15H28N2O2. The zero-order chi connectivity index (χ0) is 13.7. The topological polar surface area (TPSA) is 64.4 Å². The van der Waals surface area contributed by atoms with E-state index in [1.54, 1.807) is 0 Å². The van der Waals surface area contributed by atoms with Crippen LogP contribution in [0.4, 0.5) is 0 Å². The van der Waals surface area contributed by atoms with Gasteiger partial charge in [0.05, 0.1) is 18.6 Å². The first-order chi connectivity index (χ1) is 9.18. The third-order valence-electron chi connectivity index (χ3n) is 4.63. The summed E-state index contributed by atoms with van der Waals surface area (Å²) in [6.07, 6.45) is 8.59. The number of nitrogens with one attached hydrogen (secondary N) is 1. The lowest BCUT2D eigenvalue weighted by molar-refractivity contribution is -0.128. The van der Waals surface area contributed by atoms with Gasteiger partial charge in [0.25, 0.3) is 0 Å². The van der Waals surface area contributed by atoms with Crippen LogP contribution in [-0.4, -0.2) is 31.2 Å². The molecule has 2 aliphatic rings. The number of ether oxygens (including phenoxy) is 1. The Morgan fingerprint density at radius 3 is 2.63 bits per heavy atom. The van der Waals surface area contributed by atoms with Gasteiger partial charge in [0.2, 0.25) is 5.91 Å². The minimum Gasteiger partial charge on any atom is -0.376 e. The summed E-state index contributed by atoms with van der Waals surface area (Å²) in [4.78, 5) is 12.2. The van der Waals surface area contributed by atoms with Crippen molar-refractivity contribution < 1.29 is 9.53 Å². The molecule has 4 heteroatoms. The summed E-state index contributed by atoms with van der Waals surface area (Å²) in [5.74, 6) is 0.509. The van der Waals surface area contributed by atoms with Crippen LogP contribution < -0.4 is 11.1 Å². The molecule has 0 heterocycles. The van der Waals surface area contributed by atoms with Crippen molar-refractivity contribution in [2.45, 2.75) is 64.0 Å². The fraction of sp³-hybridized carbons (Fsp3) is 0.933. The maximum Gasteiger partial charge on any atom is 0.225 e. The molecule has 0 aliphatic heterocycles. The summed E-state index contributed by atoms with van der Waals surface area (Å²) in [5.41, 5.74) is 6.08. The Bertz CT molecular complexity index is 280. The van der Waals surface area contributed by atoms with E-state index in [2.05, 4.69) is 12.2 Å². The molecule has 0 aromatic heterocycles. The number of hydrogen-bond donors (Lipinski definition) is 2. The monoisotopic (exact) mass is 268 g/mol. The smallest absolute Gasteiger partial charge is 0.225 e. The zero-order valence-electron chi connectivity index (χ0n) is 12.1. The summed E-state index contributed by atoms with van der Waals surface area (Å²) in [6.45, 7) is 3.39. The summed E-state index contributed by atoms with van der Waals surface area (Å²) in [5, 5.41) is 2.99. The van der Waals surface area contributed by atoms with Gasteiger partial charge in [-0.2, -0.15) is 0 Å². The molecule has 2 fully saturated rings. The molecule has 2 saturated carbocycles. The van der Waals surface area contributed by atoms with Crippen molar-refractivity contribution in [3.63, 3.8) is 0 Å². The Kier molecular flexibility index (Phi) is 5.64. The van der Waals surface area contributed by atoms with Crippen LogP contribution in [0.15, 0.2) is 0 Å². The van der Waals surface area contributed by atoms with Gasteiger partial charge in [-0.1, -0.05) is 26.2 Å². The highest BCUT2D eigenvalue weighted by Crippen LogP contribution is 2.28. The largest absolute Gasteiger partial charge is 0.376 e. The average Bonchev–Trinajstić information content (AvgIpc) is 2.87. The van der Waals surface area contributed by atoms with Crippen LogP contribution in [0.25, 0.3) is 0 Å². The molecule has 0 bridgehead atoms. The van der Waals surface area contributed by atoms with Crippen molar-refractivity contribution in [1.82, 2.24) is 5.32 Å². The van der Waals surface area contributed by atoms with Gasteiger partial charge in [-0.3, -0.25) is 4.79 Å². The van der Waals surface area contributed by atoms with Gasteiger partial charge in [-0.25, -0.2) is 0 Å². The summed E-state index contributed by atoms with van der Waals surface area (Å²) in [7, 11) is 0. The van der Waals surface area contributed by atoms with Crippen LogP contribution in [0.2, 0.25) is 0 Å². The molecule has 110 valence electrons. The predicted molar refractivity (Wildman–Crippen MR) is 75.7 cm³/mol. The summed E-state index contributed by atoms with van der Waals surface area (Å²) < 4.78 is 5.75. The quantitative estimate of drug-likeness (QED) is 0.748. The van der Waals surface area contributed by atoms with Crippen molar-refractivity contribution in [3.8, 4) is 0 Å². The Labute approximate surface area is 116 Å². The van der Waals surface area contributed by atoms with Crippen LogP contribution in [-0.2, 0) is 9.53 Å². The van der Waals surface area contributed by atoms with Gasteiger partial charge < -0.3 is 15.8 Å². The van der Waals surface area contributed by atoms with Gasteiger partial charge in [0, 0.05) is 12.6 Å². The van der Waals surface area contributed by atoms with E-state index >= 15 is 0 Å². The molecule has 0 aromatic rings. The fourth-order valence-electron chi connectivity index (χ4n) is 3.48. The van der Waals surface area contributed by atoms with Crippen molar-refractivity contribution in [3.05, 3.63) is 0 Å². The molecular weight excluding hydrogens is 240 g/mol. The first-order valence-corrected chi connectivity index (χ1v) is 7.83. The molecule has 0 saturated heterocycles. The van der Waals surface area contributed by atoms with E-state index in [1.165, 1.54) is 25.7 Å². The highest BCUT2D eigenvalue weighted by Gasteiger charge is 2.33. The highest BCUT2D eigenvalue weighted by atomic mass is 16.5. The molecule has 3 unspecified atom stereocenters. The predicted octanol–water partition coefficient (Wildman–Crippen LogP) is 1.83. The van der Waals surface area contributed by atoms with E-state index in [0.717, 1.165) is 19.3 Å². The standard InChI is InChI=1S/C15H28N2O2/c1-11-5-4-8-13(16)14(11)15(18)17-9-10-19-12-6-2-3-7-12/h11-14H,2-10,16H2,1H3,(H,17,18). The van der Waals surface area contributed by atoms with Crippen LogP contribution in [0.1, 0.15) is 51.9 Å².